The van der Waals surface area contributed by atoms with E-state index >= 15 is 0 Å². The average Bonchev–Trinajstić information content (AvgIpc) is 2.77. The smallest absolute Gasteiger partial charge is 0.255 e. The Balaban J connectivity index is 2.18. The molecule has 1 aliphatic rings. The van der Waals surface area contributed by atoms with E-state index in [1.165, 1.54) is 5.56 Å². The lowest BCUT2D eigenvalue weighted by Gasteiger charge is -2.06. The fourth-order valence-electron chi connectivity index (χ4n) is 2.00. The normalized spacial score (nSPS) is 13.7. The van der Waals surface area contributed by atoms with E-state index in [-0.39, 0.29) is 5.56 Å². The highest BCUT2D eigenvalue weighted by Gasteiger charge is 2.18. The minimum absolute atomic E-state index is 0.00697. The molecule has 2 heterocycles. The van der Waals surface area contributed by atoms with Gasteiger partial charge < -0.3 is 4.98 Å². The van der Waals surface area contributed by atoms with E-state index in [0.29, 0.717) is 5.82 Å². The molecule has 1 aliphatic heterocycles. The first-order valence-corrected chi connectivity index (χ1v) is 7.56. The van der Waals surface area contributed by atoms with Crippen LogP contribution in [-0.2, 0) is 11.5 Å². The maximum Gasteiger partial charge on any atom is 0.255 e. The zero-order valence-electron chi connectivity index (χ0n) is 9.79. The average molecular weight is 323 g/mol. The lowest BCUT2D eigenvalue weighted by Crippen LogP contribution is -2.15. The summed E-state index contributed by atoms with van der Waals surface area (Å²) < 4.78 is 0.955. The number of nitrogens with one attached hydrogen (secondary N) is 1. The van der Waals surface area contributed by atoms with Crippen LogP contribution in [0.25, 0.3) is 11.4 Å². The fourth-order valence-corrected chi connectivity index (χ4v) is 3.72. The van der Waals surface area contributed by atoms with Crippen LogP contribution in [0.5, 0.6) is 0 Å². The number of H-pyrrole nitrogens is 1. The third kappa shape index (κ3) is 2.01. The highest BCUT2D eigenvalue weighted by atomic mass is 79.9. The van der Waals surface area contributed by atoms with Crippen LogP contribution in [0.4, 0.5) is 0 Å². The molecule has 92 valence electrons. The number of aryl methyl sites for hydroxylation is 1. The zero-order valence-corrected chi connectivity index (χ0v) is 12.2. The number of benzene rings is 1. The molecule has 5 heteroatoms. The summed E-state index contributed by atoms with van der Waals surface area (Å²) in [7, 11) is 0. The SMILES string of the molecule is Cc1ccc(-c2nc3c(c(=O)[nH]2)CSC3)c(Br)c1. The number of hydrogen-bond donors (Lipinski definition) is 1. The Hall–Kier alpha value is -1.07. The lowest BCUT2D eigenvalue weighted by molar-refractivity contribution is 1.03. The first-order chi connectivity index (χ1) is 8.65. The number of fused-ring (bicyclic) bond motifs is 1. The highest BCUT2D eigenvalue weighted by Crippen LogP contribution is 2.30. The van der Waals surface area contributed by atoms with Crippen LogP contribution in [-0.4, -0.2) is 9.97 Å². The van der Waals surface area contributed by atoms with Gasteiger partial charge in [-0.2, -0.15) is 11.8 Å². The van der Waals surface area contributed by atoms with Crippen LogP contribution in [0.3, 0.4) is 0 Å². The summed E-state index contributed by atoms with van der Waals surface area (Å²) in [6.07, 6.45) is 0. The van der Waals surface area contributed by atoms with Gasteiger partial charge in [0.15, 0.2) is 0 Å². The van der Waals surface area contributed by atoms with E-state index in [0.717, 1.165) is 32.8 Å². The summed E-state index contributed by atoms with van der Waals surface area (Å²) in [6, 6.07) is 6.02. The van der Waals surface area contributed by atoms with E-state index in [2.05, 4.69) is 25.9 Å². The van der Waals surface area contributed by atoms with Gasteiger partial charge >= 0.3 is 0 Å². The molecule has 0 aliphatic carbocycles. The summed E-state index contributed by atoms with van der Waals surface area (Å²) in [6.45, 7) is 2.03. The first-order valence-electron chi connectivity index (χ1n) is 5.61. The molecule has 1 aromatic carbocycles. The van der Waals surface area contributed by atoms with Crippen LogP contribution in [0.15, 0.2) is 27.5 Å². The molecule has 0 radical (unpaired) electrons. The number of rotatable bonds is 1. The Morgan fingerprint density at radius 3 is 3.00 bits per heavy atom. The molecule has 1 aromatic heterocycles. The topological polar surface area (TPSA) is 45.8 Å². The van der Waals surface area contributed by atoms with E-state index in [4.69, 9.17) is 0 Å². The van der Waals surface area contributed by atoms with Crippen molar-refractivity contribution in [1.82, 2.24) is 9.97 Å². The van der Waals surface area contributed by atoms with Crippen molar-refractivity contribution < 1.29 is 0 Å². The van der Waals surface area contributed by atoms with Gasteiger partial charge in [0.2, 0.25) is 0 Å². The summed E-state index contributed by atoms with van der Waals surface area (Å²) in [5.41, 5.74) is 3.84. The Bertz CT molecular complexity index is 681. The van der Waals surface area contributed by atoms with Gasteiger partial charge in [-0.1, -0.05) is 22.0 Å². The van der Waals surface area contributed by atoms with E-state index in [9.17, 15) is 4.79 Å². The maximum absolute atomic E-state index is 12.0. The van der Waals surface area contributed by atoms with Crippen molar-refractivity contribution in [3.63, 3.8) is 0 Å². The van der Waals surface area contributed by atoms with Crippen molar-refractivity contribution in [3.8, 4) is 11.4 Å². The first kappa shape index (κ1) is 12.0. The lowest BCUT2D eigenvalue weighted by atomic mass is 10.1. The Labute approximate surface area is 117 Å². The third-order valence-corrected chi connectivity index (χ3v) is 4.59. The van der Waals surface area contributed by atoms with Crippen LogP contribution in [0.1, 0.15) is 16.8 Å². The molecular weight excluding hydrogens is 312 g/mol. The molecule has 0 spiro atoms. The molecule has 3 nitrogen and oxygen atoms in total. The van der Waals surface area contributed by atoms with E-state index in [1.54, 1.807) is 11.8 Å². The van der Waals surface area contributed by atoms with Gasteiger partial charge in [0, 0.05) is 27.1 Å². The van der Waals surface area contributed by atoms with E-state index < -0.39 is 0 Å². The second-order valence-electron chi connectivity index (χ2n) is 4.32. The highest BCUT2D eigenvalue weighted by molar-refractivity contribution is 9.10. The van der Waals surface area contributed by atoms with Crippen molar-refractivity contribution in [2.75, 3.05) is 0 Å². The molecule has 0 unspecified atom stereocenters. The van der Waals surface area contributed by atoms with Gasteiger partial charge in [-0.25, -0.2) is 4.98 Å². The molecule has 0 amide bonds. The van der Waals surface area contributed by atoms with Crippen molar-refractivity contribution in [3.05, 3.63) is 49.8 Å². The van der Waals surface area contributed by atoms with Crippen LogP contribution in [0, 0.1) is 6.92 Å². The Morgan fingerprint density at radius 2 is 2.22 bits per heavy atom. The molecule has 0 saturated heterocycles. The van der Waals surface area contributed by atoms with Gasteiger partial charge in [0.1, 0.15) is 5.82 Å². The number of thioether (sulfide) groups is 1. The molecule has 3 rings (SSSR count). The molecule has 1 N–H and O–H groups in total. The molecule has 2 aromatic rings. The molecular formula is C13H11BrN2OS. The van der Waals surface area contributed by atoms with Crippen molar-refractivity contribution >= 4 is 27.7 Å². The predicted octanol–water partition coefficient (Wildman–Crippen LogP) is 3.25. The minimum Gasteiger partial charge on any atom is -0.306 e. The second kappa shape index (κ2) is 4.55. The van der Waals surface area contributed by atoms with Gasteiger partial charge in [0.05, 0.1) is 5.69 Å². The molecule has 18 heavy (non-hydrogen) atoms. The van der Waals surface area contributed by atoms with Gasteiger partial charge in [0.25, 0.3) is 5.56 Å². The summed E-state index contributed by atoms with van der Waals surface area (Å²) >= 11 is 5.26. The van der Waals surface area contributed by atoms with Crippen molar-refractivity contribution in [1.29, 1.82) is 0 Å². The van der Waals surface area contributed by atoms with Gasteiger partial charge in [-0.3, -0.25) is 4.79 Å². The summed E-state index contributed by atoms with van der Waals surface area (Å²) in [4.78, 5) is 19.4. The third-order valence-electron chi connectivity index (χ3n) is 2.97. The fraction of sp³-hybridized carbons (Fsp3) is 0.231. The molecule has 0 bridgehead atoms. The van der Waals surface area contributed by atoms with Crippen LogP contribution < -0.4 is 5.56 Å². The predicted molar refractivity (Wildman–Crippen MR) is 77.7 cm³/mol. The number of aromatic amines is 1. The quantitative estimate of drug-likeness (QED) is 0.876. The molecule has 0 fully saturated rings. The molecule has 0 atom stereocenters. The standard InChI is InChI=1S/C13H11BrN2OS/c1-7-2-3-8(10(14)4-7)12-15-11-6-18-5-9(11)13(17)16-12/h2-4H,5-6H2,1H3,(H,15,16,17). The Morgan fingerprint density at radius 1 is 1.39 bits per heavy atom. The largest absolute Gasteiger partial charge is 0.306 e. The number of hydrogen-bond acceptors (Lipinski definition) is 3. The number of halogens is 1. The zero-order chi connectivity index (χ0) is 12.7. The maximum atomic E-state index is 12.0. The van der Waals surface area contributed by atoms with Crippen LogP contribution in [0.2, 0.25) is 0 Å². The van der Waals surface area contributed by atoms with Crippen LogP contribution >= 0.6 is 27.7 Å². The monoisotopic (exact) mass is 322 g/mol. The summed E-state index contributed by atoms with van der Waals surface area (Å²) in [5, 5.41) is 0. The van der Waals surface area contributed by atoms with Crippen molar-refractivity contribution in [2.24, 2.45) is 0 Å². The van der Waals surface area contributed by atoms with Gasteiger partial charge in [-0.15, -0.1) is 0 Å². The number of nitrogens with zero attached hydrogens (tertiary/aromatic N) is 1. The Kier molecular flexibility index (Phi) is 3.03. The summed E-state index contributed by atoms with van der Waals surface area (Å²) in [5.74, 6) is 2.25. The minimum atomic E-state index is -0.00697. The molecule has 0 saturated carbocycles. The van der Waals surface area contributed by atoms with E-state index in [1.807, 2.05) is 25.1 Å². The van der Waals surface area contributed by atoms with Gasteiger partial charge in [-0.05, 0) is 24.6 Å². The van der Waals surface area contributed by atoms with Crippen molar-refractivity contribution in [2.45, 2.75) is 18.4 Å². The second-order valence-corrected chi connectivity index (χ2v) is 6.16. The number of aromatic nitrogens is 2.